The predicted molar refractivity (Wildman–Crippen MR) is 32.9 cm³/mol. The highest BCUT2D eigenvalue weighted by Gasteiger charge is 2.41. The second-order valence-corrected chi connectivity index (χ2v) is 2.74. The second-order valence-electron chi connectivity index (χ2n) is 2.74. The molecule has 0 bridgehead atoms. The zero-order chi connectivity index (χ0) is 5.56. The minimum Gasteiger partial charge on any atom is -0.326 e. The summed E-state index contributed by atoms with van der Waals surface area (Å²) in [5.74, 6) is 1.56. The van der Waals surface area contributed by atoms with Crippen molar-refractivity contribution in [3.05, 3.63) is 0 Å². The molecule has 0 aromatic heterocycles. The topological polar surface area (TPSA) is 38.4 Å². The maximum atomic E-state index is 5.71. The number of nitrogens with two attached hydrogens (primary N) is 1. The molecule has 0 aromatic rings. The van der Waals surface area contributed by atoms with Crippen LogP contribution >= 0.6 is 0 Å². The van der Waals surface area contributed by atoms with Crippen molar-refractivity contribution in [2.75, 3.05) is 6.54 Å². The lowest BCUT2D eigenvalue weighted by molar-refractivity contribution is 0.577. The van der Waals surface area contributed by atoms with Gasteiger partial charge in [-0.1, -0.05) is 0 Å². The zero-order valence-corrected chi connectivity index (χ0v) is 4.75. The molecule has 1 aliphatic heterocycles. The summed E-state index contributed by atoms with van der Waals surface area (Å²) in [7, 11) is 0. The minimum atomic E-state index is 0.380. The highest BCUT2D eigenvalue weighted by Crippen LogP contribution is 2.40. The van der Waals surface area contributed by atoms with Gasteiger partial charge in [-0.3, -0.25) is 4.99 Å². The zero-order valence-electron chi connectivity index (χ0n) is 4.75. The highest BCUT2D eigenvalue weighted by atomic mass is 14.9. The SMILES string of the molecule is N[C@@H]1CN=CC2C[C@H]21. The molecule has 1 saturated carbocycles. The molecule has 0 amide bonds. The Balaban J connectivity index is 2.13. The number of hydrogen-bond acceptors (Lipinski definition) is 2. The van der Waals surface area contributed by atoms with Gasteiger partial charge in [0, 0.05) is 12.3 Å². The predicted octanol–water partition coefficient (Wildman–Crippen LogP) is 0.0342. The standard InChI is InChI=1S/C6H10N2/c7-6-3-8-2-4-1-5(4)6/h2,4-6H,1,3,7H2/t4?,5-,6-/m1/s1. The van der Waals surface area contributed by atoms with Crippen LogP contribution < -0.4 is 5.73 Å². The maximum absolute atomic E-state index is 5.71. The largest absolute Gasteiger partial charge is 0.326 e. The lowest BCUT2D eigenvalue weighted by Gasteiger charge is -2.09. The summed E-state index contributed by atoms with van der Waals surface area (Å²) in [6.07, 6.45) is 3.36. The van der Waals surface area contributed by atoms with Crippen molar-refractivity contribution in [2.24, 2.45) is 22.6 Å². The molecule has 0 radical (unpaired) electrons. The van der Waals surface area contributed by atoms with Crippen LogP contribution in [0.2, 0.25) is 0 Å². The lowest BCUT2D eigenvalue weighted by atomic mass is 10.1. The number of hydrogen-bond donors (Lipinski definition) is 1. The Kier molecular flexibility index (Phi) is 0.742. The molecule has 2 nitrogen and oxygen atoms in total. The van der Waals surface area contributed by atoms with Crippen LogP contribution in [-0.2, 0) is 0 Å². The van der Waals surface area contributed by atoms with Crippen LogP contribution in [0, 0.1) is 11.8 Å². The van der Waals surface area contributed by atoms with Crippen molar-refractivity contribution in [2.45, 2.75) is 12.5 Å². The first-order chi connectivity index (χ1) is 3.88. The average Bonchev–Trinajstić information content (AvgIpc) is 2.45. The molecule has 2 heteroatoms. The first kappa shape index (κ1) is 4.50. The first-order valence-corrected chi connectivity index (χ1v) is 3.13. The summed E-state index contributed by atoms with van der Waals surface area (Å²) in [5.41, 5.74) is 5.71. The summed E-state index contributed by atoms with van der Waals surface area (Å²) in [6.45, 7) is 0.862. The van der Waals surface area contributed by atoms with Crippen LogP contribution in [0.3, 0.4) is 0 Å². The number of nitrogens with zero attached hydrogens (tertiary/aromatic N) is 1. The number of fused-ring (bicyclic) bond motifs is 1. The maximum Gasteiger partial charge on any atom is 0.0539 e. The summed E-state index contributed by atoms with van der Waals surface area (Å²) >= 11 is 0. The van der Waals surface area contributed by atoms with Crippen molar-refractivity contribution in [1.82, 2.24) is 0 Å². The fourth-order valence-electron chi connectivity index (χ4n) is 1.35. The molecule has 1 aliphatic carbocycles. The number of aliphatic imine (C=N–C) groups is 1. The third-order valence-electron chi connectivity index (χ3n) is 2.05. The smallest absolute Gasteiger partial charge is 0.0539 e. The molecule has 2 aliphatic rings. The second kappa shape index (κ2) is 1.32. The van der Waals surface area contributed by atoms with Crippen molar-refractivity contribution in [1.29, 1.82) is 0 Å². The fourth-order valence-corrected chi connectivity index (χ4v) is 1.35. The summed E-state index contributed by atoms with van der Waals surface area (Å²) in [6, 6.07) is 0.380. The number of rotatable bonds is 0. The third-order valence-corrected chi connectivity index (χ3v) is 2.05. The van der Waals surface area contributed by atoms with E-state index in [4.69, 9.17) is 5.73 Å². The molecule has 0 spiro atoms. The van der Waals surface area contributed by atoms with E-state index in [9.17, 15) is 0 Å². The molecule has 0 aromatic carbocycles. The molecular formula is C6H10N2. The molecule has 0 saturated heterocycles. The van der Waals surface area contributed by atoms with Gasteiger partial charge in [0.1, 0.15) is 0 Å². The van der Waals surface area contributed by atoms with Gasteiger partial charge in [0.25, 0.3) is 0 Å². The van der Waals surface area contributed by atoms with Gasteiger partial charge in [0.2, 0.25) is 0 Å². The van der Waals surface area contributed by atoms with Crippen molar-refractivity contribution in [3.8, 4) is 0 Å². The molecular weight excluding hydrogens is 100 g/mol. The molecule has 2 N–H and O–H groups in total. The van der Waals surface area contributed by atoms with E-state index in [0.717, 1.165) is 18.4 Å². The monoisotopic (exact) mass is 110 g/mol. The Labute approximate surface area is 48.8 Å². The molecule has 2 rings (SSSR count). The minimum absolute atomic E-state index is 0.380. The third kappa shape index (κ3) is 0.494. The van der Waals surface area contributed by atoms with Crippen LogP contribution in [0.4, 0.5) is 0 Å². The van der Waals surface area contributed by atoms with Gasteiger partial charge in [-0.2, -0.15) is 0 Å². The molecule has 3 atom stereocenters. The lowest BCUT2D eigenvalue weighted by Crippen LogP contribution is -2.29. The van der Waals surface area contributed by atoms with Gasteiger partial charge in [-0.05, 0) is 18.3 Å². The Hall–Kier alpha value is -0.370. The normalized spacial score (nSPS) is 50.9. The van der Waals surface area contributed by atoms with Crippen LogP contribution in [-0.4, -0.2) is 18.8 Å². The van der Waals surface area contributed by atoms with E-state index in [1.165, 1.54) is 6.42 Å². The van der Waals surface area contributed by atoms with Crippen LogP contribution in [0.5, 0.6) is 0 Å². The van der Waals surface area contributed by atoms with Gasteiger partial charge >= 0.3 is 0 Å². The van der Waals surface area contributed by atoms with Crippen molar-refractivity contribution in [3.63, 3.8) is 0 Å². The van der Waals surface area contributed by atoms with E-state index < -0.39 is 0 Å². The Morgan fingerprint density at radius 1 is 1.62 bits per heavy atom. The summed E-state index contributed by atoms with van der Waals surface area (Å²) < 4.78 is 0. The molecule has 1 fully saturated rings. The van der Waals surface area contributed by atoms with E-state index in [-0.39, 0.29) is 0 Å². The van der Waals surface area contributed by atoms with Gasteiger partial charge in [-0.25, -0.2) is 0 Å². The van der Waals surface area contributed by atoms with Crippen LogP contribution in [0.1, 0.15) is 6.42 Å². The summed E-state index contributed by atoms with van der Waals surface area (Å²) in [4.78, 5) is 4.13. The Bertz CT molecular complexity index is 130. The van der Waals surface area contributed by atoms with E-state index in [2.05, 4.69) is 11.2 Å². The van der Waals surface area contributed by atoms with E-state index >= 15 is 0 Å². The van der Waals surface area contributed by atoms with Crippen LogP contribution in [0.15, 0.2) is 4.99 Å². The first-order valence-electron chi connectivity index (χ1n) is 3.13. The van der Waals surface area contributed by atoms with Gasteiger partial charge in [-0.15, -0.1) is 0 Å². The molecule has 1 heterocycles. The van der Waals surface area contributed by atoms with Crippen molar-refractivity contribution < 1.29 is 0 Å². The summed E-state index contributed by atoms with van der Waals surface area (Å²) in [5, 5.41) is 0. The van der Waals surface area contributed by atoms with E-state index in [1.54, 1.807) is 0 Å². The Morgan fingerprint density at radius 3 is 3.12 bits per heavy atom. The van der Waals surface area contributed by atoms with E-state index in [1.807, 2.05) is 0 Å². The van der Waals surface area contributed by atoms with E-state index in [0.29, 0.717) is 6.04 Å². The molecule has 1 unspecified atom stereocenters. The quantitative estimate of drug-likeness (QED) is 0.469. The van der Waals surface area contributed by atoms with Gasteiger partial charge < -0.3 is 5.73 Å². The van der Waals surface area contributed by atoms with Gasteiger partial charge in [0.15, 0.2) is 0 Å². The molecule has 8 heavy (non-hydrogen) atoms. The van der Waals surface area contributed by atoms with Gasteiger partial charge in [0.05, 0.1) is 6.54 Å². The fraction of sp³-hybridized carbons (Fsp3) is 0.833. The average molecular weight is 110 g/mol. The van der Waals surface area contributed by atoms with Crippen molar-refractivity contribution >= 4 is 6.21 Å². The Morgan fingerprint density at radius 2 is 2.50 bits per heavy atom. The molecule has 44 valence electrons. The highest BCUT2D eigenvalue weighted by molar-refractivity contribution is 5.66. The van der Waals surface area contributed by atoms with Crippen LogP contribution in [0.25, 0.3) is 0 Å².